The molecule has 1 amide bonds. The maximum atomic E-state index is 12.6. The Hall–Kier alpha value is -3.05. The van der Waals surface area contributed by atoms with Crippen LogP contribution in [0, 0.1) is 0 Å². The Kier molecular flexibility index (Phi) is 9.14. The minimum atomic E-state index is -0.223. The van der Waals surface area contributed by atoms with E-state index in [1.165, 1.54) is 0 Å². The Bertz CT molecular complexity index is 1050. The van der Waals surface area contributed by atoms with Crippen LogP contribution in [0.15, 0.2) is 29.6 Å². The molecule has 0 saturated carbocycles. The fourth-order valence-corrected chi connectivity index (χ4v) is 3.77. The number of amides is 1. The number of ether oxygens (including phenoxy) is 3. The van der Waals surface area contributed by atoms with Gasteiger partial charge in [0.2, 0.25) is 0 Å². The van der Waals surface area contributed by atoms with Gasteiger partial charge in [0.1, 0.15) is 17.3 Å². The highest BCUT2D eigenvalue weighted by atomic mass is 32.2. The Labute approximate surface area is 197 Å². The standard InChI is InChI=1S/C22H30N6O4S/c1-5-10-33-22-26-19(23-7-9-30-2)18-14-25-28(20(18)27-22)8-6-24-21(29)15-11-16(31-3)13-17(12-15)32-4/h11-14H,5-10H2,1-4H3,(H,24,29)(H,23,26,27). The number of rotatable bonds is 13. The molecule has 0 spiro atoms. The number of thioether (sulfide) groups is 1. The number of carbonyl (C=O) groups is 1. The largest absolute Gasteiger partial charge is 0.497 e. The van der Waals surface area contributed by atoms with E-state index in [-0.39, 0.29) is 5.91 Å². The molecule has 0 fully saturated rings. The van der Waals surface area contributed by atoms with E-state index in [1.54, 1.807) is 62.2 Å². The normalized spacial score (nSPS) is 10.9. The van der Waals surface area contributed by atoms with Crippen LogP contribution < -0.4 is 20.1 Å². The molecule has 33 heavy (non-hydrogen) atoms. The number of aromatic nitrogens is 4. The van der Waals surface area contributed by atoms with Gasteiger partial charge in [-0.3, -0.25) is 4.79 Å². The van der Waals surface area contributed by atoms with Crippen LogP contribution in [0.2, 0.25) is 0 Å². The molecule has 2 N–H and O–H groups in total. The van der Waals surface area contributed by atoms with Crippen molar-refractivity contribution >= 4 is 34.5 Å². The molecule has 0 unspecified atom stereocenters. The molecule has 2 heterocycles. The quantitative estimate of drug-likeness (QED) is 0.219. The molecule has 3 aromatic rings. The summed E-state index contributed by atoms with van der Waals surface area (Å²) in [6.07, 6.45) is 2.77. The lowest BCUT2D eigenvalue weighted by Gasteiger charge is -2.11. The molecule has 0 aliphatic carbocycles. The van der Waals surface area contributed by atoms with Gasteiger partial charge in [-0.2, -0.15) is 5.10 Å². The average Bonchev–Trinajstić information content (AvgIpc) is 3.25. The van der Waals surface area contributed by atoms with Gasteiger partial charge in [-0.05, 0) is 18.6 Å². The molecule has 0 radical (unpaired) electrons. The molecule has 3 rings (SSSR count). The first-order chi connectivity index (χ1) is 16.1. The van der Waals surface area contributed by atoms with Gasteiger partial charge in [0, 0.05) is 37.6 Å². The fraction of sp³-hybridized carbons (Fsp3) is 0.455. The molecule has 178 valence electrons. The Balaban J connectivity index is 1.73. The van der Waals surface area contributed by atoms with Gasteiger partial charge >= 0.3 is 0 Å². The number of hydrogen-bond donors (Lipinski definition) is 2. The third-order valence-corrected chi connectivity index (χ3v) is 5.79. The lowest BCUT2D eigenvalue weighted by molar-refractivity contribution is 0.0951. The first-order valence-electron chi connectivity index (χ1n) is 10.7. The van der Waals surface area contributed by atoms with Crippen molar-refractivity contribution in [3.8, 4) is 11.5 Å². The zero-order valence-corrected chi connectivity index (χ0v) is 20.2. The Morgan fingerprint density at radius 1 is 1.09 bits per heavy atom. The van der Waals surface area contributed by atoms with Crippen LogP contribution in [-0.4, -0.2) is 72.4 Å². The number of anilines is 1. The molecule has 0 aliphatic rings. The summed E-state index contributed by atoms with van der Waals surface area (Å²) in [6.45, 7) is 4.16. The number of nitrogens with zero attached hydrogens (tertiary/aromatic N) is 4. The van der Waals surface area contributed by atoms with Crippen LogP contribution >= 0.6 is 11.8 Å². The second-order valence-corrected chi connectivity index (χ2v) is 8.15. The van der Waals surface area contributed by atoms with E-state index < -0.39 is 0 Å². The summed E-state index contributed by atoms with van der Waals surface area (Å²) in [6, 6.07) is 5.06. The summed E-state index contributed by atoms with van der Waals surface area (Å²) in [5, 5.41) is 12.2. The Morgan fingerprint density at radius 2 is 1.85 bits per heavy atom. The molecular formula is C22H30N6O4S. The molecule has 0 saturated heterocycles. The van der Waals surface area contributed by atoms with Crippen molar-refractivity contribution in [1.29, 1.82) is 0 Å². The molecule has 11 heteroatoms. The number of nitrogens with one attached hydrogen (secondary N) is 2. The first-order valence-corrected chi connectivity index (χ1v) is 11.7. The van der Waals surface area contributed by atoms with Gasteiger partial charge in [-0.25, -0.2) is 14.6 Å². The summed E-state index contributed by atoms with van der Waals surface area (Å²) in [5.74, 6) is 2.55. The molecule has 0 atom stereocenters. The van der Waals surface area contributed by atoms with Crippen LogP contribution in [0.3, 0.4) is 0 Å². The highest BCUT2D eigenvalue weighted by molar-refractivity contribution is 7.99. The zero-order chi connectivity index (χ0) is 23.6. The minimum Gasteiger partial charge on any atom is -0.497 e. The van der Waals surface area contributed by atoms with Gasteiger partial charge in [0.05, 0.1) is 39.0 Å². The number of benzene rings is 1. The van der Waals surface area contributed by atoms with Crippen molar-refractivity contribution in [3.63, 3.8) is 0 Å². The SMILES string of the molecule is CCCSc1nc(NCCOC)c2cnn(CCNC(=O)c3cc(OC)cc(OC)c3)c2n1. The highest BCUT2D eigenvalue weighted by Gasteiger charge is 2.14. The van der Waals surface area contributed by atoms with Crippen molar-refractivity contribution in [1.82, 2.24) is 25.1 Å². The summed E-state index contributed by atoms with van der Waals surface area (Å²) in [4.78, 5) is 22.0. The van der Waals surface area contributed by atoms with Gasteiger partial charge in [-0.1, -0.05) is 18.7 Å². The summed E-state index contributed by atoms with van der Waals surface area (Å²) in [5.41, 5.74) is 1.18. The van der Waals surface area contributed by atoms with Gasteiger partial charge in [0.25, 0.3) is 5.91 Å². The fourth-order valence-electron chi connectivity index (χ4n) is 3.08. The zero-order valence-electron chi connectivity index (χ0n) is 19.4. The average molecular weight is 475 g/mol. The monoisotopic (exact) mass is 474 g/mol. The van der Waals surface area contributed by atoms with E-state index in [0.717, 1.165) is 29.0 Å². The van der Waals surface area contributed by atoms with E-state index in [9.17, 15) is 4.79 Å². The first kappa shape index (κ1) is 24.6. The smallest absolute Gasteiger partial charge is 0.251 e. The maximum absolute atomic E-state index is 12.6. The highest BCUT2D eigenvalue weighted by Crippen LogP contribution is 2.25. The second-order valence-electron chi connectivity index (χ2n) is 7.09. The molecule has 0 bridgehead atoms. The summed E-state index contributed by atoms with van der Waals surface area (Å²) >= 11 is 1.61. The molecule has 1 aromatic carbocycles. The van der Waals surface area contributed by atoms with Crippen molar-refractivity contribution in [2.24, 2.45) is 0 Å². The number of carbonyl (C=O) groups excluding carboxylic acids is 1. The lowest BCUT2D eigenvalue weighted by Crippen LogP contribution is -2.27. The number of hydrogen-bond acceptors (Lipinski definition) is 9. The van der Waals surface area contributed by atoms with Crippen LogP contribution in [0.1, 0.15) is 23.7 Å². The van der Waals surface area contributed by atoms with E-state index >= 15 is 0 Å². The molecule has 0 aliphatic heterocycles. The lowest BCUT2D eigenvalue weighted by atomic mass is 10.2. The number of fused-ring (bicyclic) bond motifs is 1. The van der Waals surface area contributed by atoms with Gasteiger partial charge in [0.15, 0.2) is 10.8 Å². The van der Waals surface area contributed by atoms with E-state index in [4.69, 9.17) is 19.2 Å². The third-order valence-electron chi connectivity index (χ3n) is 4.73. The van der Waals surface area contributed by atoms with Crippen molar-refractivity contribution in [3.05, 3.63) is 30.0 Å². The Morgan fingerprint density at radius 3 is 2.52 bits per heavy atom. The van der Waals surface area contributed by atoms with Gasteiger partial charge < -0.3 is 24.8 Å². The van der Waals surface area contributed by atoms with Crippen molar-refractivity contribution in [2.75, 3.05) is 52.1 Å². The van der Waals surface area contributed by atoms with E-state index in [1.807, 2.05) is 0 Å². The van der Waals surface area contributed by atoms with Crippen LogP contribution in [-0.2, 0) is 11.3 Å². The van der Waals surface area contributed by atoms with Crippen molar-refractivity contribution < 1.29 is 19.0 Å². The van der Waals surface area contributed by atoms with Crippen LogP contribution in [0.5, 0.6) is 11.5 Å². The third kappa shape index (κ3) is 6.48. The maximum Gasteiger partial charge on any atom is 0.251 e. The predicted octanol–water partition coefficient (Wildman–Crippen LogP) is 2.83. The second kappa shape index (κ2) is 12.3. The molecular weight excluding hydrogens is 444 g/mol. The summed E-state index contributed by atoms with van der Waals surface area (Å²) < 4.78 is 17.4. The summed E-state index contributed by atoms with van der Waals surface area (Å²) in [7, 11) is 4.76. The molecule has 10 nitrogen and oxygen atoms in total. The predicted molar refractivity (Wildman–Crippen MR) is 129 cm³/mol. The number of methoxy groups -OCH3 is 3. The minimum absolute atomic E-state index is 0.223. The van der Waals surface area contributed by atoms with E-state index in [2.05, 4.69) is 27.6 Å². The van der Waals surface area contributed by atoms with Crippen molar-refractivity contribution in [2.45, 2.75) is 25.0 Å². The van der Waals surface area contributed by atoms with E-state index in [0.29, 0.717) is 48.5 Å². The molecule has 2 aromatic heterocycles. The van der Waals surface area contributed by atoms with Crippen LogP contribution in [0.25, 0.3) is 11.0 Å². The van der Waals surface area contributed by atoms with Gasteiger partial charge in [-0.15, -0.1) is 0 Å². The topological polar surface area (TPSA) is 112 Å². The van der Waals surface area contributed by atoms with Crippen LogP contribution in [0.4, 0.5) is 5.82 Å².